The predicted molar refractivity (Wildman–Crippen MR) is 83.8 cm³/mol. The van der Waals surface area contributed by atoms with Crippen molar-refractivity contribution in [2.45, 2.75) is 44.7 Å². The van der Waals surface area contributed by atoms with Gasteiger partial charge in [-0.2, -0.15) is 10.2 Å². The number of nitrogens with zero attached hydrogens (tertiary/aromatic N) is 5. The van der Waals surface area contributed by atoms with Crippen molar-refractivity contribution in [2.24, 2.45) is 0 Å². The molecule has 0 bridgehead atoms. The van der Waals surface area contributed by atoms with E-state index in [4.69, 9.17) is 0 Å². The van der Waals surface area contributed by atoms with Crippen molar-refractivity contribution in [1.82, 2.24) is 29.9 Å². The van der Waals surface area contributed by atoms with E-state index in [0.717, 1.165) is 37.7 Å². The second-order valence-corrected chi connectivity index (χ2v) is 6.45. The molecule has 0 radical (unpaired) electrons. The minimum Gasteiger partial charge on any atom is -0.309 e. The minimum absolute atomic E-state index is 0.0971. The normalized spacial score (nSPS) is 21.7. The number of aromatic amines is 1. The molecule has 23 heavy (non-hydrogen) atoms. The van der Waals surface area contributed by atoms with Crippen LogP contribution in [0, 0.1) is 0 Å². The van der Waals surface area contributed by atoms with Crippen molar-refractivity contribution in [3.63, 3.8) is 0 Å². The monoisotopic (exact) mass is 315 g/mol. The highest BCUT2D eigenvalue weighted by Gasteiger charge is 2.29. The van der Waals surface area contributed by atoms with Gasteiger partial charge < -0.3 is 5.32 Å². The first-order valence-corrected chi connectivity index (χ1v) is 8.13. The van der Waals surface area contributed by atoms with Crippen molar-refractivity contribution in [3.8, 4) is 0 Å². The van der Waals surface area contributed by atoms with Crippen LogP contribution in [0.15, 0.2) is 12.3 Å². The van der Waals surface area contributed by atoms with E-state index in [2.05, 4.69) is 30.5 Å². The Hall–Kier alpha value is -2.22. The number of likely N-dealkylation sites (tertiary alicyclic amines) is 1. The van der Waals surface area contributed by atoms with Gasteiger partial charge in [-0.1, -0.05) is 0 Å². The number of carbonyl (C=O) groups excluding carboxylic acids is 1. The lowest BCUT2D eigenvalue weighted by atomic mass is 10.3. The van der Waals surface area contributed by atoms with Gasteiger partial charge in [-0.3, -0.25) is 19.5 Å². The van der Waals surface area contributed by atoms with E-state index in [-0.39, 0.29) is 5.91 Å². The molecule has 122 valence electrons. The Bertz CT molecular complexity index is 702. The average molecular weight is 315 g/mol. The molecule has 4 rings (SSSR count). The van der Waals surface area contributed by atoms with Crippen LogP contribution in [0.3, 0.4) is 0 Å². The first-order valence-electron chi connectivity index (χ1n) is 8.13. The third kappa shape index (κ3) is 3.26. The fourth-order valence-corrected chi connectivity index (χ4v) is 3.08. The Morgan fingerprint density at radius 3 is 3.09 bits per heavy atom. The molecular formula is C15H21N7O. The van der Waals surface area contributed by atoms with Gasteiger partial charge >= 0.3 is 0 Å². The number of hydrogen-bond acceptors (Lipinski definition) is 5. The molecule has 8 heteroatoms. The van der Waals surface area contributed by atoms with Gasteiger partial charge in [0.2, 0.25) is 5.91 Å². The van der Waals surface area contributed by atoms with Gasteiger partial charge in [-0.05, 0) is 19.3 Å². The number of H-pyrrole nitrogens is 1. The summed E-state index contributed by atoms with van der Waals surface area (Å²) in [4.78, 5) is 18.0. The van der Waals surface area contributed by atoms with Crippen LogP contribution >= 0.6 is 0 Å². The summed E-state index contributed by atoms with van der Waals surface area (Å²) in [5.74, 6) is 3.03. The van der Waals surface area contributed by atoms with Crippen LogP contribution in [-0.2, 0) is 11.3 Å². The summed E-state index contributed by atoms with van der Waals surface area (Å²) in [6.45, 7) is 4.24. The zero-order valence-corrected chi connectivity index (χ0v) is 13.2. The second kappa shape index (κ2) is 5.77. The molecule has 2 aromatic heterocycles. The summed E-state index contributed by atoms with van der Waals surface area (Å²) in [5, 5.41) is 14.5. The van der Waals surface area contributed by atoms with Crippen LogP contribution in [0.1, 0.15) is 49.8 Å². The summed E-state index contributed by atoms with van der Waals surface area (Å²) in [5.41, 5.74) is 0. The van der Waals surface area contributed by atoms with Crippen molar-refractivity contribution < 1.29 is 4.79 Å². The van der Waals surface area contributed by atoms with Crippen molar-refractivity contribution >= 4 is 11.7 Å². The second-order valence-electron chi connectivity index (χ2n) is 6.45. The molecule has 2 aliphatic rings. The van der Waals surface area contributed by atoms with Crippen LogP contribution in [0.4, 0.5) is 5.82 Å². The van der Waals surface area contributed by atoms with Gasteiger partial charge in [0.25, 0.3) is 0 Å². The quantitative estimate of drug-likeness (QED) is 0.867. The summed E-state index contributed by atoms with van der Waals surface area (Å²) in [6, 6.07) is 2.17. The summed E-state index contributed by atoms with van der Waals surface area (Å²) in [6.07, 6.45) is 5.42. The topological polar surface area (TPSA) is 91.7 Å². The van der Waals surface area contributed by atoms with E-state index >= 15 is 0 Å². The molecule has 1 atom stereocenters. The van der Waals surface area contributed by atoms with E-state index in [0.29, 0.717) is 17.8 Å². The van der Waals surface area contributed by atoms with Crippen LogP contribution < -0.4 is 5.32 Å². The highest BCUT2D eigenvalue weighted by Crippen LogP contribution is 2.37. The molecule has 0 spiro atoms. The number of anilines is 1. The van der Waals surface area contributed by atoms with Crippen molar-refractivity contribution in [2.75, 3.05) is 18.4 Å². The Kier molecular flexibility index (Phi) is 3.60. The standard InChI is InChI=1S/C15H21N7O/c1-10(23)16-13-5-7-22(20-13)12-4-6-21(8-12)9-14-17-15(19-18-14)11-2-3-11/h5,7,11-12H,2-4,6,8-9H2,1H3,(H,16,20,23)(H,17,18,19)/t12-/m1/s1. The molecule has 1 saturated heterocycles. The summed E-state index contributed by atoms with van der Waals surface area (Å²) < 4.78 is 1.95. The number of rotatable bonds is 5. The molecule has 1 aliphatic carbocycles. The highest BCUT2D eigenvalue weighted by molar-refractivity contribution is 5.87. The molecule has 1 amide bonds. The first-order chi connectivity index (χ1) is 11.2. The lowest BCUT2D eigenvalue weighted by Crippen LogP contribution is -2.22. The SMILES string of the molecule is CC(=O)Nc1ccn([C@@H]2CCN(Cc3nc(C4CC4)n[nH]3)C2)n1. The molecule has 1 saturated carbocycles. The summed E-state index contributed by atoms with van der Waals surface area (Å²) in [7, 11) is 0. The largest absolute Gasteiger partial charge is 0.309 e. The third-order valence-electron chi connectivity index (χ3n) is 4.40. The van der Waals surface area contributed by atoms with Crippen LogP contribution in [0.25, 0.3) is 0 Å². The number of amides is 1. The molecule has 2 N–H and O–H groups in total. The number of aromatic nitrogens is 5. The van der Waals surface area contributed by atoms with Gasteiger partial charge in [0.15, 0.2) is 11.6 Å². The highest BCUT2D eigenvalue weighted by atomic mass is 16.1. The van der Waals surface area contributed by atoms with Gasteiger partial charge in [-0.25, -0.2) is 4.98 Å². The molecule has 0 unspecified atom stereocenters. The lowest BCUT2D eigenvalue weighted by Gasteiger charge is -2.14. The first kappa shape index (κ1) is 14.4. The maximum Gasteiger partial charge on any atom is 0.222 e. The molecule has 2 aromatic rings. The molecule has 1 aliphatic heterocycles. The Morgan fingerprint density at radius 2 is 2.30 bits per heavy atom. The maximum atomic E-state index is 11.1. The molecule has 2 fully saturated rings. The lowest BCUT2D eigenvalue weighted by molar-refractivity contribution is -0.114. The van der Waals surface area contributed by atoms with Crippen molar-refractivity contribution in [1.29, 1.82) is 0 Å². The third-order valence-corrected chi connectivity index (χ3v) is 4.40. The van der Waals surface area contributed by atoms with E-state index < -0.39 is 0 Å². The van der Waals surface area contributed by atoms with Crippen LogP contribution in [0.2, 0.25) is 0 Å². The zero-order chi connectivity index (χ0) is 15.8. The number of carbonyl (C=O) groups is 1. The van der Waals surface area contributed by atoms with Gasteiger partial charge in [0.05, 0.1) is 12.6 Å². The van der Waals surface area contributed by atoms with E-state index in [1.165, 1.54) is 19.8 Å². The fraction of sp³-hybridized carbons (Fsp3) is 0.600. The Balaban J connectivity index is 1.34. The Morgan fingerprint density at radius 1 is 1.43 bits per heavy atom. The average Bonchev–Trinajstić information content (AvgIpc) is 2.90. The van der Waals surface area contributed by atoms with E-state index in [9.17, 15) is 4.79 Å². The van der Waals surface area contributed by atoms with Gasteiger partial charge in [0, 0.05) is 38.2 Å². The van der Waals surface area contributed by atoms with E-state index in [1.54, 1.807) is 0 Å². The smallest absolute Gasteiger partial charge is 0.222 e. The minimum atomic E-state index is -0.0971. The Labute approximate surface area is 134 Å². The predicted octanol–water partition coefficient (Wildman–Crippen LogP) is 1.28. The fourth-order valence-electron chi connectivity index (χ4n) is 3.08. The molecule has 8 nitrogen and oxygen atoms in total. The summed E-state index contributed by atoms with van der Waals surface area (Å²) >= 11 is 0. The van der Waals surface area contributed by atoms with Crippen LogP contribution in [0.5, 0.6) is 0 Å². The van der Waals surface area contributed by atoms with Crippen LogP contribution in [-0.4, -0.2) is 48.9 Å². The molecular weight excluding hydrogens is 294 g/mol. The maximum absolute atomic E-state index is 11.1. The number of hydrogen-bond donors (Lipinski definition) is 2. The van der Waals surface area contributed by atoms with Crippen molar-refractivity contribution in [3.05, 3.63) is 23.9 Å². The van der Waals surface area contributed by atoms with E-state index in [1.807, 2.05) is 16.9 Å². The van der Waals surface area contributed by atoms with Gasteiger partial charge in [-0.15, -0.1) is 0 Å². The molecule has 3 heterocycles. The molecule has 0 aromatic carbocycles. The number of nitrogens with one attached hydrogen (secondary N) is 2. The van der Waals surface area contributed by atoms with Gasteiger partial charge in [0.1, 0.15) is 5.82 Å². The zero-order valence-electron chi connectivity index (χ0n) is 13.2.